The molecule has 0 spiro atoms. The summed E-state index contributed by atoms with van der Waals surface area (Å²) in [6.45, 7) is 5.65. The Morgan fingerprint density at radius 1 is 1.50 bits per heavy atom. The van der Waals surface area contributed by atoms with Gasteiger partial charge in [0.1, 0.15) is 0 Å². The Morgan fingerprint density at radius 2 is 2.25 bits per heavy atom. The van der Waals surface area contributed by atoms with Crippen molar-refractivity contribution in [1.82, 2.24) is 0 Å². The Labute approximate surface area is 73.4 Å². The number of hydrogen-bond acceptors (Lipinski definition) is 0. The van der Waals surface area contributed by atoms with Crippen LogP contribution in [-0.2, 0) is 17.9 Å². The van der Waals surface area contributed by atoms with Crippen molar-refractivity contribution in [2.75, 3.05) is 0 Å². The highest BCUT2D eigenvalue weighted by atomic mass is 16.3. The normalized spacial score (nSPS) is 9.75. The first-order chi connectivity index (χ1) is 5.77. The van der Waals surface area contributed by atoms with Crippen LogP contribution in [0.2, 0.25) is 0 Å². The SMILES string of the molecule is C=CCc1ccc([O])c(CC)c1. The van der Waals surface area contributed by atoms with E-state index in [9.17, 15) is 5.11 Å². The van der Waals surface area contributed by atoms with E-state index in [1.54, 1.807) is 6.07 Å². The van der Waals surface area contributed by atoms with Gasteiger partial charge in [0.15, 0.2) is 5.75 Å². The van der Waals surface area contributed by atoms with Crippen LogP contribution in [0.3, 0.4) is 0 Å². The molecule has 0 aromatic heterocycles. The molecule has 0 aliphatic heterocycles. The van der Waals surface area contributed by atoms with E-state index in [0.29, 0.717) is 0 Å². The number of allylic oxidation sites excluding steroid dienone is 1. The summed E-state index contributed by atoms with van der Waals surface area (Å²) in [4.78, 5) is 0. The lowest BCUT2D eigenvalue weighted by Gasteiger charge is -2.01. The molecular weight excluding hydrogens is 148 g/mol. The molecule has 0 saturated heterocycles. The van der Waals surface area contributed by atoms with Gasteiger partial charge in [-0.3, -0.25) is 5.11 Å². The van der Waals surface area contributed by atoms with Crippen LogP contribution in [0, 0.1) is 0 Å². The van der Waals surface area contributed by atoms with Crippen molar-refractivity contribution in [2.45, 2.75) is 19.8 Å². The minimum absolute atomic E-state index is 0.144. The third-order valence-electron chi connectivity index (χ3n) is 1.89. The monoisotopic (exact) mass is 161 g/mol. The van der Waals surface area contributed by atoms with Crippen LogP contribution in [0.4, 0.5) is 0 Å². The lowest BCUT2D eigenvalue weighted by atomic mass is 10.1. The average Bonchev–Trinajstić information content (AvgIpc) is 2.09. The molecule has 1 radical (unpaired) electrons. The lowest BCUT2D eigenvalue weighted by molar-refractivity contribution is 0.350. The highest BCUT2D eigenvalue weighted by molar-refractivity contribution is 5.36. The molecule has 1 aromatic rings. The number of rotatable bonds is 3. The fraction of sp³-hybridized carbons (Fsp3) is 0.273. The standard InChI is InChI=1S/C11H13O/c1-3-5-9-6-7-11(12)10(4-2)8-9/h3,6-8H,1,4-5H2,2H3. The van der Waals surface area contributed by atoms with Gasteiger partial charge in [0.25, 0.3) is 0 Å². The first-order valence-electron chi connectivity index (χ1n) is 4.17. The molecule has 0 saturated carbocycles. The van der Waals surface area contributed by atoms with Crippen molar-refractivity contribution < 1.29 is 5.11 Å². The molecule has 0 fully saturated rings. The minimum Gasteiger partial charge on any atom is -0.290 e. The molecule has 0 amide bonds. The second-order valence-electron chi connectivity index (χ2n) is 2.79. The molecule has 0 aliphatic rings. The van der Waals surface area contributed by atoms with Crippen molar-refractivity contribution >= 4 is 0 Å². The third-order valence-corrected chi connectivity index (χ3v) is 1.89. The van der Waals surface area contributed by atoms with Crippen molar-refractivity contribution in [2.24, 2.45) is 0 Å². The molecule has 0 bridgehead atoms. The zero-order valence-corrected chi connectivity index (χ0v) is 7.34. The third kappa shape index (κ3) is 1.88. The summed E-state index contributed by atoms with van der Waals surface area (Å²) in [5, 5.41) is 11.2. The second-order valence-corrected chi connectivity index (χ2v) is 2.79. The van der Waals surface area contributed by atoms with Crippen molar-refractivity contribution in [3.05, 3.63) is 42.0 Å². The quantitative estimate of drug-likeness (QED) is 0.607. The predicted octanol–water partition coefficient (Wildman–Crippen LogP) is 3.12. The Kier molecular flexibility index (Phi) is 2.92. The molecule has 12 heavy (non-hydrogen) atoms. The molecular formula is C11H13O. The minimum atomic E-state index is 0.144. The van der Waals surface area contributed by atoms with E-state index in [4.69, 9.17) is 0 Å². The van der Waals surface area contributed by atoms with E-state index >= 15 is 0 Å². The smallest absolute Gasteiger partial charge is 0.181 e. The molecule has 1 aromatic carbocycles. The van der Waals surface area contributed by atoms with E-state index in [2.05, 4.69) is 6.58 Å². The number of aryl methyl sites for hydroxylation is 1. The molecule has 0 heterocycles. The molecule has 0 N–H and O–H groups in total. The molecule has 1 heteroatoms. The Hall–Kier alpha value is -1.24. The van der Waals surface area contributed by atoms with Crippen LogP contribution >= 0.6 is 0 Å². The van der Waals surface area contributed by atoms with Gasteiger partial charge in [-0.25, -0.2) is 0 Å². The van der Waals surface area contributed by atoms with E-state index in [1.165, 1.54) is 5.56 Å². The van der Waals surface area contributed by atoms with Crippen molar-refractivity contribution in [3.8, 4) is 5.75 Å². The molecule has 0 atom stereocenters. The van der Waals surface area contributed by atoms with Gasteiger partial charge in [0.2, 0.25) is 0 Å². The molecule has 1 rings (SSSR count). The highest BCUT2D eigenvalue weighted by Crippen LogP contribution is 2.19. The van der Waals surface area contributed by atoms with Crippen molar-refractivity contribution in [1.29, 1.82) is 0 Å². The Morgan fingerprint density at radius 3 is 2.83 bits per heavy atom. The van der Waals surface area contributed by atoms with Gasteiger partial charge in [0.05, 0.1) is 0 Å². The predicted molar refractivity (Wildman–Crippen MR) is 49.9 cm³/mol. The van der Waals surface area contributed by atoms with Crippen LogP contribution in [0.25, 0.3) is 0 Å². The summed E-state index contributed by atoms with van der Waals surface area (Å²) in [6, 6.07) is 5.46. The van der Waals surface area contributed by atoms with Gasteiger partial charge in [-0.1, -0.05) is 25.1 Å². The second kappa shape index (κ2) is 3.96. The fourth-order valence-electron chi connectivity index (χ4n) is 1.20. The van der Waals surface area contributed by atoms with Gasteiger partial charge in [-0.15, -0.1) is 6.58 Å². The summed E-state index contributed by atoms with van der Waals surface area (Å²) in [7, 11) is 0. The maximum absolute atomic E-state index is 11.2. The fourth-order valence-corrected chi connectivity index (χ4v) is 1.20. The van der Waals surface area contributed by atoms with E-state index in [-0.39, 0.29) is 5.75 Å². The molecule has 0 unspecified atom stereocenters. The maximum Gasteiger partial charge on any atom is 0.181 e. The van der Waals surface area contributed by atoms with E-state index < -0.39 is 0 Å². The maximum atomic E-state index is 11.2. The summed E-state index contributed by atoms with van der Waals surface area (Å²) >= 11 is 0. The number of hydrogen-bond donors (Lipinski definition) is 0. The Bertz CT molecular complexity index is 276. The average molecular weight is 161 g/mol. The summed E-state index contributed by atoms with van der Waals surface area (Å²) < 4.78 is 0. The van der Waals surface area contributed by atoms with Crippen LogP contribution in [0.1, 0.15) is 18.1 Å². The van der Waals surface area contributed by atoms with Gasteiger partial charge >= 0.3 is 0 Å². The van der Waals surface area contributed by atoms with Gasteiger partial charge in [0, 0.05) is 0 Å². The topological polar surface area (TPSA) is 19.9 Å². The Balaban J connectivity index is 2.96. The van der Waals surface area contributed by atoms with Crippen LogP contribution in [-0.4, -0.2) is 0 Å². The zero-order valence-electron chi connectivity index (χ0n) is 7.34. The first kappa shape index (κ1) is 8.85. The van der Waals surface area contributed by atoms with Gasteiger partial charge < -0.3 is 0 Å². The molecule has 0 aliphatic carbocycles. The van der Waals surface area contributed by atoms with Crippen LogP contribution in [0.15, 0.2) is 30.9 Å². The van der Waals surface area contributed by atoms with Crippen LogP contribution in [0.5, 0.6) is 5.75 Å². The summed E-state index contributed by atoms with van der Waals surface area (Å²) in [5.41, 5.74) is 2.07. The molecule has 63 valence electrons. The van der Waals surface area contributed by atoms with E-state index in [1.807, 2.05) is 25.1 Å². The van der Waals surface area contributed by atoms with Gasteiger partial charge in [-0.05, 0) is 30.0 Å². The van der Waals surface area contributed by atoms with Crippen LogP contribution < -0.4 is 0 Å². The number of benzene rings is 1. The van der Waals surface area contributed by atoms with E-state index in [0.717, 1.165) is 18.4 Å². The van der Waals surface area contributed by atoms with Gasteiger partial charge in [-0.2, -0.15) is 0 Å². The van der Waals surface area contributed by atoms with Crippen molar-refractivity contribution in [3.63, 3.8) is 0 Å². The zero-order chi connectivity index (χ0) is 8.97. The molecule has 1 nitrogen and oxygen atoms in total. The first-order valence-corrected chi connectivity index (χ1v) is 4.17. The lowest BCUT2D eigenvalue weighted by Crippen LogP contribution is -1.85. The highest BCUT2D eigenvalue weighted by Gasteiger charge is 2.00. The summed E-state index contributed by atoms with van der Waals surface area (Å²) in [5.74, 6) is 0.144. The largest absolute Gasteiger partial charge is 0.290 e. The summed E-state index contributed by atoms with van der Waals surface area (Å²) in [6.07, 6.45) is 3.50.